The number of hydrogen-bond donors (Lipinski definition) is 1. The zero-order valence-corrected chi connectivity index (χ0v) is 11.6. The predicted molar refractivity (Wildman–Crippen MR) is 74.0 cm³/mol. The monoisotopic (exact) mass is 273 g/mol. The summed E-state index contributed by atoms with van der Waals surface area (Å²) in [5.74, 6) is -1.56. The van der Waals surface area contributed by atoms with Crippen LogP contribution in [0, 0.1) is 18.8 Å². The average molecular weight is 273 g/mol. The molecule has 0 spiro atoms. The highest BCUT2D eigenvalue weighted by atomic mass is 16.4. The van der Waals surface area contributed by atoms with Gasteiger partial charge in [-0.2, -0.15) is 0 Å². The van der Waals surface area contributed by atoms with E-state index in [1.54, 1.807) is 0 Å². The van der Waals surface area contributed by atoms with Crippen LogP contribution in [0.1, 0.15) is 30.4 Å². The van der Waals surface area contributed by atoms with E-state index in [9.17, 15) is 9.59 Å². The molecule has 1 aromatic carbocycles. The molecule has 4 heteroatoms. The van der Waals surface area contributed by atoms with Crippen molar-refractivity contribution in [2.75, 3.05) is 0 Å². The Hall–Kier alpha value is -1.84. The smallest absolute Gasteiger partial charge is 0.307 e. The summed E-state index contributed by atoms with van der Waals surface area (Å²) in [6.45, 7) is 2.64. The molecule has 2 aliphatic carbocycles. The van der Waals surface area contributed by atoms with Crippen LogP contribution in [0.4, 0.5) is 0 Å². The van der Waals surface area contributed by atoms with Crippen molar-refractivity contribution < 1.29 is 14.7 Å². The second-order valence-corrected chi connectivity index (χ2v) is 5.97. The number of carbonyl (C=O) groups is 2. The number of amides is 1. The van der Waals surface area contributed by atoms with Crippen molar-refractivity contribution in [2.45, 2.75) is 38.8 Å². The molecule has 2 atom stereocenters. The lowest BCUT2D eigenvalue weighted by molar-refractivity contribution is -0.142. The molecule has 2 aliphatic rings. The molecule has 20 heavy (non-hydrogen) atoms. The molecule has 3 rings (SSSR count). The normalized spacial score (nSPS) is 24.2. The van der Waals surface area contributed by atoms with Crippen molar-refractivity contribution in [1.29, 1.82) is 0 Å². The van der Waals surface area contributed by atoms with Crippen LogP contribution in [-0.2, 0) is 16.1 Å². The molecule has 1 amide bonds. The number of benzene rings is 1. The van der Waals surface area contributed by atoms with Gasteiger partial charge in [0.15, 0.2) is 0 Å². The molecule has 1 aromatic rings. The first-order chi connectivity index (χ1) is 9.56. The summed E-state index contributed by atoms with van der Waals surface area (Å²) >= 11 is 0. The molecule has 2 fully saturated rings. The number of rotatable bonds is 5. The third-order valence-electron chi connectivity index (χ3n) is 4.17. The van der Waals surface area contributed by atoms with E-state index >= 15 is 0 Å². The maximum absolute atomic E-state index is 12.4. The summed E-state index contributed by atoms with van der Waals surface area (Å²) in [5.41, 5.74) is 2.31. The van der Waals surface area contributed by atoms with E-state index < -0.39 is 11.9 Å². The molecular weight excluding hydrogens is 254 g/mol. The number of aliphatic carboxylic acids is 1. The van der Waals surface area contributed by atoms with Crippen molar-refractivity contribution >= 4 is 11.9 Å². The van der Waals surface area contributed by atoms with E-state index in [2.05, 4.69) is 0 Å². The molecule has 4 nitrogen and oxygen atoms in total. The SMILES string of the molecule is Cc1ccc(CN(C(=O)[C@@H]2C[C@@H]2C(=O)O)C2CC2)cc1. The third-order valence-corrected chi connectivity index (χ3v) is 4.17. The highest BCUT2D eigenvalue weighted by molar-refractivity contribution is 5.89. The first-order valence-corrected chi connectivity index (χ1v) is 7.15. The summed E-state index contributed by atoms with van der Waals surface area (Å²) in [6.07, 6.45) is 2.59. The highest BCUT2D eigenvalue weighted by Crippen LogP contribution is 2.42. The number of aryl methyl sites for hydroxylation is 1. The molecule has 0 bridgehead atoms. The lowest BCUT2D eigenvalue weighted by Gasteiger charge is -2.22. The first kappa shape index (κ1) is 13.2. The number of hydrogen-bond acceptors (Lipinski definition) is 2. The van der Waals surface area contributed by atoms with Crippen LogP contribution in [0.15, 0.2) is 24.3 Å². The fraction of sp³-hybridized carbons (Fsp3) is 0.500. The van der Waals surface area contributed by atoms with E-state index in [0.717, 1.165) is 18.4 Å². The Morgan fingerprint density at radius 2 is 1.85 bits per heavy atom. The summed E-state index contributed by atoms with van der Waals surface area (Å²) < 4.78 is 0. The highest BCUT2D eigenvalue weighted by Gasteiger charge is 2.51. The van der Waals surface area contributed by atoms with E-state index in [1.807, 2.05) is 36.1 Å². The van der Waals surface area contributed by atoms with Gasteiger partial charge in [-0.15, -0.1) is 0 Å². The minimum Gasteiger partial charge on any atom is -0.481 e. The Morgan fingerprint density at radius 3 is 2.35 bits per heavy atom. The topological polar surface area (TPSA) is 57.6 Å². The Balaban J connectivity index is 1.68. The maximum Gasteiger partial charge on any atom is 0.307 e. The van der Waals surface area contributed by atoms with Gasteiger partial charge in [0, 0.05) is 12.6 Å². The van der Waals surface area contributed by atoms with Crippen LogP contribution in [0.3, 0.4) is 0 Å². The van der Waals surface area contributed by atoms with Crippen molar-refractivity contribution in [3.05, 3.63) is 35.4 Å². The minimum atomic E-state index is -0.838. The van der Waals surface area contributed by atoms with Gasteiger partial charge in [-0.25, -0.2) is 0 Å². The number of carboxylic acids is 1. The molecule has 0 unspecified atom stereocenters. The summed E-state index contributed by atoms with van der Waals surface area (Å²) in [7, 11) is 0. The fourth-order valence-corrected chi connectivity index (χ4v) is 2.62. The average Bonchev–Trinajstić information content (AvgIpc) is 3.28. The van der Waals surface area contributed by atoms with Gasteiger partial charge in [0.1, 0.15) is 0 Å². The summed E-state index contributed by atoms with van der Waals surface area (Å²) in [6, 6.07) is 8.49. The van der Waals surface area contributed by atoms with Crippen LogP contribution in [0.25, 0.3) is 0 Å². The van der Waals surface area contributed by atoms with Crippen molar-refractivity contribution in [2.24, 2.45) is 11.8 Å². The number of carbonyl (C=O) groups excluding carboxylic acids is 1. The second kappa shape index (κ2) is 4.93. The molecule has 0 saturated heterocycles. The Morgan fingerprint density at radius 1 is 1.20 bits per heavy atom. The number of nitrogens with zero attached hydrogens (tertiary/aromatic N) is 1. The first-order valence-electron chi connectivity index (χ1n) is 7.15. The zero-order valence-electron chi connectivity index (χ0n) is 11.6. The maximum atomic E-state index is 12.4. The Kier molecular flexibility index (Phi) is 3.24. The van der Waals surface area contributed by atoms with Gasteiger partial charge in [0.25, 0.3) is 0 Å². The van der Waals surface area contributed by atoms with Gasteiger partial charge >= 0.3 is 5.97 Å². The summed E-state index contributed by atoms with van der Waals surface area (Å²) in [5, 5.41) is 8.96. The second-order valence-electron chi connectivity index (χ2n) is 5.97. The molecule has 0 radical (unpaired) electrons. The van der Waals surface area contributed by atoms with E-state index in [4.69, 9.17) is 5.11 Å². The quantitative estimate of drug-likeness (QED) is 0.894. The van der Waals surface area contributed by atoms with E-state index in [-0.39, 0.29) is 11.8 Å². The van der Waals surface area contributed by atoms with Crippen molar-refractivity contribution in [3.63, 3.8) is 0 Å². The molecule has 2 saturated carbocycles. The van der Waals surface area contributed by atoms with Gasteiger partial charge in [-0.1, -0.05) is 29.8 Å². The zero-order chi connectivity index (χ0) is 14.3. The van der Waals surface area contributed by atoms with Gasteiger partial charge in [0.05, 0.1) is 11.8 Å². The summed E-state index contributed by atoms with van der Waals surface area (Å²) in [4.78, 5) is 25.2. The standard InChI is InChI=1S/C16H19NO3/c1-10-2-4-11(5-3-10)9-17(12-6-7-12)15(18)13-8-14(13)16(19)20/h2-5,12-14H,6-9H2,1H3,(H,19,20)/t13-,14+/m1/s1. The molecule has 0 heterocycles. The van der Waals surface area contributed by atoms with E-state index in [0.29, 0.717) is 19.0 Å². The molecule has 106 valence electrons. The van der Waals surface area contributed by atoms with Crippen LogP contribution in [0.5, 0.6) is 0 Å². The van der Waals surface area contributed by atoms with Crippen LogP contribution < -0.4 is 0 Å². The fourth-order valence-electron chi connectivity index (χ4n) is 2.62. The lowest BCUT2D eigenvalue weighted by Crippen LogP contribution is -2.34. The lowest BCUT2D eigenvalue weighted by atomic mass is 10.1. The Labute approximate surface area is 118 Å². The molecule has 1 N–H and O–H groups in total. The van der Waals surface area contributed by atoms with Crippen LogP contribution in [0.2, 0.25) is 0 Å². The van der Waals surface area contributed by atoms with Crippen molar-refractivity contribution in [1.82, 2.24) is 4.90 Å². The van der Waals surface area contributed by atoms with E-state index in [1.165, 1.54) is 5.56 Å². The molecular formula is C16H19NO3. The largest absolute Gasteiger partial charge is 0.481 e. The predicted octanol–water partition coefficient (Wildman–Crippen LogP) is 2.21. The number of carboxylic acid groups (broad SMARTS) is 1. The van der Waals surface area contributed by atoms with Crippen LogP contribution >= 0.6 is 0 Å². The van der Waals surface area contributed by atoms with Gasteiger partial charge in [-0.3, -0.25) is 9.59 Å². The van der Waals surface area contributed by atoms with Gasteiger partial charge in [0.2, 0.25) is 5.91 Å². The Bertz CT molecular complexity index is 533. The molecule has 0 aromatic heterocycles. The van der Waals surface area contributed by atoms with Crippen LogP contribution in [-0.4, -0.2) is 27.9 Å². The minimum absolute atomic E-state index is 0.0282. The van der Waals surface area contributed by atoms with Gasteiger partial charge < -0.3 is 10.0 Å². The third kappa shape index (κ3) is 2.69. The van der Waals surface area contributed by atoms with Gasteiger partial charge in [-0.05, 0) is 31.7 Å². The molecule has 0 aliphatic heterocycles. The van der Waals surface area contributed by atoms with Crippen molar-refractivity contribution in [3.8, 4) is 0 Å².